The first-order valence-corrected chi connectivity index (χ1v) is 9.13. The van der Waals surface area contributed by atoms with Gasteiger partial charge >= 0.3 is 0 Å². The van der Waals surface area contributed by atoms with Gasteiger partial charge in [-0.15, -0.1) is 0 Å². The van der Waals surface area contributed by atoms with Gasteiger partial charge in [-0.3, -0.25) is 4.79 Å². The maximum Gasteiger partial charge on any atom is 0.239 e. The zero-order valence-corrected chi connectivity index (χ0v) is 15.7. The van der Waals surface area contributed by atoms with E-state index in [9.17, 15) is 4.79 Å². The van der Waals surface area contributed by atoms with Crippen molar-refractivity contribution in [3.05, 3.63) is 35.9 Å². The van der Waals surface area contributed by atoms with Crippen molar-refractivity contribution in [2.45, 2.75) is 45.7 Å². The Hall–Kier alpha value is -1.92. The minimum atomic E-state index is -0.550. The molecule has 3 heterocycles. The van der Waals surface area contributed by atoms with Crippen LogP contribution in [0.1, 0.15) is 38.6 Å². The van der Waals surface area contributed by atoms with E-state index in [4.69, 9.17) is 0 Å². The Morgan fingerprint density at radius 1 is 1.48 bits per heavy atom. The highest BCUT2D eigenvalue weighted by Gasteiger charge is 2.32. The number of hydrogen-bond donors (Lipinski definition) is 2. The van der Waals surface area contributed by atoms with Crippen LogP contribution in [0.2, 0.25) is 0 Å². The third kappa shape index (κ3) is 3.70. The Bertz CT molecular complexity index is 749. The number of rotatable bonds is 5. The number of fused-ring (bicyclic) bond motifs is 1. The molecule has 0 aliphatic carbocycles. The van der Waals surface area contributed by atoms with E-state index >= 15 is 0 Å². The van der Waals surface area contributed by atoms with Crippen molar-refractivity contribution in [3.63, 3.8) is 0 Å². The number of piperazine rings is 1. The fourth-order valence-electron chi connectivity index (χ4n) is 3.58. The number of aromatic nitrogens is 2. The quantitative estimate of drug-likeness (QED) is 0.867. The molecule has 1 saturated heterocycles. The highest BCUT2D eigenvalue weighted by molar-refractivity contribution is 5.83. The van der Waals surface area contributed by atoms with Crippen molar-refractivity contribution in [3.8, 4) is 0 Å². The van der Waals surface area contributed by atoms with Crippen LogP contribution in [0.25, 0.3) is 5.52 Å². The largest absolute Gasteiger partial charge is 0.343 e. The van der Waals surface area contributed by atoms with Gasteiger partial charge in [0.1, 0.15) is 5.82 Å². The Morgan fingerprint density at radius 3 is 3.04 bits per heavy atom. The van der Waals surface area contributed by atoms with E-state index in [0.29, 0.717) is 0 Å². The molecule has 1 atom stereocenters. The SMILES string of the molecule is CCCN1CCN[C@H](C(=O)NC(C)(C)c2ncc3c(C)cccn23)C1. The zero-order valence-electron chi connectivity index (χ0n) is 15.7. The van der Waals surface area contributed by atoms with Gasteiger partial charge in [0.25, 0.3) is 0 Å². The molecular weight excluding hydrogens is 314 g/mol. The molecule has 0 unspecified atom stereocenters. The molecule has 0 spiro atoms. The second-order valence-corrected chi connectivity index (χ2v) is 7.45. The van der Waals surface area contributed by atoms with Crippen LogP contribution in [-0.4, -0.2) is 52.4 Å². The van der Waals surface area contributed by atoms with E-state index in [1.807, 2.05) is 32.3 Å². The highest BCUT2D eigenvalue weighted by Crippen LogP contribution is 2.22. The van der Waals surface area contributed by atoms with Crippen LogP contribution in [0.15, 0.2) is 24.5 Å². The van der Waals surface area contributed by atoms with Gasteiger partial charge in [-0.25, -0.2) is 4.98 Å². The van der Waals surface area contributed by atoms with Gasteiger partial charge in [0, 0.05) is 25.8 Å². The monoisotopic (exact) mass is 343 g/mol. The van der Waals surface area contributed by atoms with Crippen molar-refractivity contribution in [2.75, 3.05) is 26.2 Å². The maximum absolute atomic E-state index is 12.8. The maximum atomic E-state index is 12.8. The Kier molecular flexibility index (Phi) is 5.11. The second kappa shape index (κ2) is 7.14. The second-order valence-electron chi connectivity index (χ2n) is 7.45. The number of imidazole rings is 1. The van der Waals surface area contributed by atoms with Crippen LogP contribution >= 0.6 is 0 Å². The van der Waals surface area contributed by atoms with Gasteiger partial charge in [0.15, 0.2) is 0 Å². The lowest BCUT2D eigenvalue weighted by Crippen LogP contribution is -2.59. The van der Waals surface area contributed by atoms with Gasteiger partial charge in [-0.2, -0.15) is 0 Å². The van der Waals surface area contributed by atoms with Crippen LogP contribution < -0.4 is 10.6 Å². The first-order valence-electron chi connectivity index (χ1n) is 9.13. The van der Waals surface area contributed by atoms with Crippen molar-refractivity contribution < 1.29 is 4.79 Å². The lowest BCUT2D eigenvalue weighted by Gasteiger charge is -2.35. The Morgan fingerprint density at radius 2 is 2.28 bits per heavy atom. The molecule has 3 rings (SSSR count). The molecule has 0 aromatic carbocycles. The molecular formula is C19H29N5O. The number of aryl methyl sites for hydroxylation is 1. The Labute approximate surface area is 149 Å². The molecule has 1 fully saturated rings. The molecule has 6 nitrogen and oxygen atoms in total. The molecule has 1 amide bonds. The lowest BCUT2D eigenvalue weighted by atomic mass is 10.0. The van der Waals surface area contributed by atoms with E-state index in [2.05, 4.69) is 44.8 Å². The third-order valence-corrected chi connectivity index (χ3v) is 4.89. The predicted octanol–water partition coefficient (Wildman–Crippen LogP) is 1.68. The van der Waals surface area contributed by atoms with Crippen molar-refractivity contribution in [2.24, 2.45) is 0 Å². The average molecular weight is 343 g/mol. The van der Waals surface area contributed by atoms with Crippen LogP contribution in [-0.2, 0) is 10.3 Å². The van der Waals surface area contributed by atoms with E-state index in [1.165, 1.54) is 5.56 Å². The summed E-state index contributed by atoms with van der Waals surface area (Å²) in [7, 11) is 0. The van der Waals surface area contributed by atoms with Gasteiger partial charge < -0.3 is 19.9 Å². The molecule has 0 radical (unpaired) electrons. The average Bonchev–Trinajstić information content (AvgIpc) is 3.01. The summed E-state index contributed by atoms with van der Waals surface area (Å²) in [6, 6.07) is 3.91. The summed E-state index contributed by atoms with van der Waals surface area (Å²) in [5.74, 6) is 0.885. The molecule has 1 aliphatic rings. The lowest BCUT2D eigenvalue weighted by molar-refractivity contribution is -0.126. The summed E-state index contributed by atoms with van der Waals surface area (Å²) in [6.07, 6.45) is 4.99. The number of nitrogens with zero attached hydrogens (tertiary/aromatic N) is 3. The molecule has 2 aromatic heterocycles. The molecule has 0 saturated carbocycles. The summed E-state index contributed by atoms with van der Waals surface area (Å²) in [6.45, 7) is 11.9. The van der Waals surface area contributed by atoms with Crippen LogP contribution in [0.3, 0.4) is 0 Å². The fourth-order valence-corrected chi connectivity index (χ4v) is 3.58. The van der Waals surface area contributed by atoms with Gasteiger partial charge in [0.05, 0.1) is 23.3 Å². The van der Waals surface area contributed by atoms with Crippen molar-refractivity contribution in [1.82, 2.24) is 24.9 Å². The number of nitrogens with one attached hydrogen (secondary N) is 2. The standard InChI is InChI=1S/C19H29N5O/c1-5-9-23-11-8-20-15(13-23)17(25)22-19(3,4)18-21-12-16-14(2)7-6-10-24(16)18/h6-7,10,12,15,20H,5,8-9,11,13H2,1-4H3,(H,22,25)/t15-/m0/s1. The molecule has 1 aliphatic heterocycles. The Balaban J connectivity index is 1.76. The first-order chi connectivity index (χ1) is 11.9. The predicted molar refractivity (Wildman–Crippen MR) is 99.6 cm³/mol. The summed E-state index contributed by atoms with van der Waals surface area (Å²) in [4.78, 5) is 19.8. The first kappa shape index (κ1) is 17.9. The van der Waals surface area contributed by atoms with Gasteiger partial charge in [0.2, 0.25) is 5.91 Å². The smallest absolute Gasteiger partial charge is 0.239 e. The topological polar surface area (TPSA) is 61.7 Å². The van der Waals surface area contributed by atoms with Gasteiger partial charge in [-0.05, 0) is 45.4 Å². The number of carbonyl (C=O) groups excluding carboxylic acids is 1. The molecule has 0 bridgehead atoms. The fraction of sp³-hybridized carbons (Fsp3) is 0.579. The van der Waals surface area contributed by atoms with E-state index in [-0.39, 0.29) is 11.9 Å². The van der Waals surface area contributed by atoms with E-state index < -0.39 is 5.54 Å². The summed E-state index contributed by atoms with van der Waals surface area (Å²) in [5.41, 5.74) is 1.70. The normalized spacial score (nSPS) is 19.3. The van der Waals surface area contributed by atoms with Crippen molar-refractivity contribution >= 4 is 11.4 Å². The minimum absolute atomic E-state index is 0.0372. The van der Waals surface area contributed by atoms with Crippen LogP contribution in [0.5, 0.6) is 0 Å². The number of amides is 1. The molecule has 25 heavy (non-hydrogen) atoms. The summed E-state index contributed by atoms with van der Waals surface area (Å²) < 4.78 is 2.06. The third-order valence-electron chi connectivity index (χ3n) is 4.89. The summed E-state index contributed by atoms with van der Waals surface area (Å²) >= 11 is 0. The zero-order chi connectivity index (χ0) is 18.0. The van der Waals surface area contributed by atoms with Gasteiger partial charge in [-0.1, -0.05) is 13.0 Å². The molecule has 136 valence electrons. The summed E-state index contributed by atoms with van der Waals surface area (Å²) in [5, 5.41) is 6.53. The van der Waals surface area contributed by atoms with Crippen LogP contribution in [0, 0.1) is 6.92 Å². The van der Waals surface area contributed by atoms with E-state index in [1.54, 1.807) is 0 Å². The highest BCUT2D eigenvalue weighted by atomic mass is 16.2. The van der Waals surface area contributed by atoms with Crippen LogP contribution in [0.4, 0.5) is 0 Å². The van der Waals surface area contributed by atoms with Crippen molar-refractivity contribution in [1.29, 1.82) is 0 Å². The van der Waals surface area contributed by atoms with E-state index in [0.717, 1.165) is 43.9 Å². The molecule has 2 N–H and O–H groups in total. The minimum Gasteiger partial charge on any atom is -0.343 e. The number of carbonyl (C=O) groups is 1. The molecule has 2 aromatic rings. The number of hydrogen-bond acceptors (Lipinski definition) is 4. The molecule has 6 heteroatoms. The number of pyridine rings is 1.